The normalized spacial score (nSPS) is 14.3. The number of fused-ring (bicyclic) bond motifs is 3. The van der Waals surface area contributed by atoms with Crippen molar-refractivity contribution in [2.24, 2.45) is 13.0 Å². The maximum Gasteiger partial charge on any atom is 0.335 e. The molecule has 0 fully saturated rings. The number of carbonyl (C=O) groups excluding carboxylic acids is 2. The van der Waals surface area contributed by atoms with Crippen molar-refractivity contribution in [2.45, 2.75) is 6.42 Å². The van der Waals surface area contributed by atoms with Crippen molar-refractivity contribution in [3.63, 3.8) is 0 Å². The van der Waals surface area contributed by atoms with Crippen LogP contribution in [0.25, 0.3) is 21.8 Å². The summed E-state index contributed by atoms with van der Waals surface area (Å²) in [5.74, 6) is -1.53. The average molecular weight is 391 g/mol. The molecule has 0 spiro atoms. The van der Waals surface area contributed by atoms with Gasteiger partial charge in [0.25, 0.3) is 0 Å². The van der Waals surface area contributed by atoms with Crippen molar-refractivity contribution in [3.8, 4) is 0 Å². The van der Waals surface area contributed by atoms with Gasteiger partial charge < -0.3 is 19.4 Å². The zero-order chi connectivity index (χ0) is 20.5. The molecule has 0 radical (unpaired) electrons. The van der Waals surface area contributed by atoms with Gasteiger partial charge in [0.05, 0.1) is 36.6 Å². The van der Waals surface area contributed by atoms with E-state index in [4.69, 9.17) is 9.47 Å². The highest BCUT2D eigenvalue weighted by molar-refractivity contribution is 6.08. The van der Waals surface area contributed by atoms with Gasteiger partial charge in [-0.05, 0) is 12.1 Å². The first-order valence-electron chi connectivity index (χ1n) is 9.20. The Balaban J connectivity index is 1.86. The number of rotatable bonds is 4. The van der Waals surface area contributed by atoms with Crippen LogP contribution in [0.15, 0.2) is 60.1 Å². The second-order valence-corrected chi connectivity index (χ2v) is 6.84. The molecule has 2 aromatic heterocycles. The number of benzene rings is 1. The van der Waals surface area contributed by atoms with Crippen LogP contribution in [-0.2, 0) is 32.5 Å². The lowest BCUT2D eigenvalue weighted by molar-refractivity contribution is -0.137. The monoisotopic (exact) mass is 391 g/mol. The fourth-order valence-corrected chi connectivity index (χ4v) is 3.99. The van der Waals surface area contributed by atoms with Crippen molar-refractivity contribution in [2.75, 3.05) is 14.2 Å². The van der Waals surface area contributed by atoms with E-state index in [-0.39, 0.29) is 0 Å². The predicted octanol–water partition coefficient (Wildman–Crippen LogP) is 2.60. The Morgan fingerprint density at radius 2 is 1.69 bits per heavy atom. The van der Waals surface area contributed by atoms with Crippen molar-refractivity contribution in [1.29, 1.82) is 0 Å². The number of hydrogen-bond donors (Lipinski definition) is 1. The summed E-state index contributed by atoms with van der Waals surface area (Å²) in [4.78, 5) is 29.3. The number of para-hydroxylation sites is 1. The molecule has 1 aromatic carbocycles. The van der Waals surface area contributed by atoms with Gasteiger partial charge in [0.1, 0.15) is 0 Å². The Morgan fingerprint density at radius 1 is 1.03 bits per heavy atom. The lowest BCUT2D eigenvalue weighted by Gasteiger charge is -2.24. The molecule has 0 amide bonds. The van der Waals surface area contributed by atoms with Crippen molar-refractivity contribution in [1.82, 2.24) is 14.9 Å². The maximum atomic E-state index is 12.4. The molecule has 3 heterocycles. The third-order valence-electron chi connectivity index (χ3n) is 5.36. The Kier molecular flexibility index (Phi) is 4.80. The summed E-state index contributed by atoms with van der Waals surface area (Å²) in [6.07, 6.45) is 5.23. The molecular weight excluding hydrogens is 370 g/mol. The molecule has 0 saturated carbocycles. The number of methoxy groups -OCH3 is 2. The van der Waals surface area contributed by atoms with Crippen molar-refractivity contribution in [3.05, 3.63) is 65.8 Å². The van der Waals surface area contributed by atoms with E-state index < -0.39 is 17.9 Å². The molecule has 4 rings (SSSR count). The van der Waals surface area contributed by atoms with E-state index in [0.717, 1.165) is 27.5 Å². The van der Waals surface area contributed by atoms with Crippen LogP contribution < -0.4 is 5.32 Å². The summed E-state index contributed by atoms with van der Waals surface area (Å²) in [6, 6.07) is 10.1. The topological polar surface area (TPSA) is 82.4 Å². The lowest BCUT2D eigenvalue weighted by Crippen LogP contribution is -2.29. The SMILES string of the molecule is COC(=O)C1=CNC=C(C(=O)OC)C1Cc1nccc2c3ccccc3n(C)c12. The average Bonchev–Trinajstić information content (AvgIpc) is 3.06. The van der Waals surface area contributed by atoms with E-state index in [2.05, 4.69) is 27.0 Å². The molecule has 0 atom stereocenters. The number of nitrogens with zero attached hydrogens (tertiary/aromatic N) is 2. The van der Waals surface area contributed by atoms with Crippen molar-refractivity contribution < 1.29 is 19.1 Å². The Bertz CT molecular complexity index is 1160. The largest absolute Gasteiger partial charge is 0.466 e. The Hall–Kier alpha value is -3.61. The summed E-state index contributed by atoms with van der Waals surface area (Å²) in [5, 5.41) is 5.06. The first-order valence-corrected chi connectivity index (χ1v) is 9.20. The molecule has 0 aliphatic carbocycles. The number of dihydropyridines is 1. The number of pyridine rings is 1. The van der Waals surface area contributed by atoms with Crippen LogP contribution in [0.2, 0.25) is 0 Å². The predicted molar refractivity (Wildman–Crippen MR) is 109 cm³/mol. The second-order valence-electron chi connectivity index (χ2n) is 6.84. The van der Waals surface area contributed by atoms with Crippen molar-refractivity contribution >= 4 is 33.7 Å². The molecule has 1 aliphatic heterocycles. The van der Waals surface area contributed by atoms with Gasteiger partial charge in [-0.2, -0.15) is 0 Å². The van der Waals surface area contributed by atoms with Gasteiger partial charge in [-0.15, -0.1) is 0 Å². The van der Waals surface area contributed by atoms with E-state index in [0.29, 0.717) is 17.6 Å². The third kappa shape index (κ3) is 3.04. The quantitative estimate of drug-likeness (QED) is 0.689. The molecule has 0 saturated heterocycles. The zero-order valence-electron chi connectivity index (χ0n) is 16.4. The molecule has 29 heavy (non-hydrogen) atoms. The molecule has 3 aromatic rings. The van der Waals surface area contributed by atoms with Gasteiger partial charge in [0.15, 0.2) is 0 Å². The zero-order valence-corrected chi connectivity index (χ0v) is 16.4. The van der Waals surface area contributed by atoms with E-state index in [1.54, 1.807) is 18.6 Å². The van der Waals surface area contributed by atoms with Crippen LogP contribution in [0.5, 0.6) is 0 Å². The number of carbonyl (C=O) groups is 2. The summed E-state index contributed by atoms with van der Waals surface area (Å²) >= 11 is 0. The van der Waals surface area contributed by atoms with Gasteiger partial charge in [0, 0.05) is 54.3 Å². The van der Waals surface area contributed by atoms with Crippen LogP contribution in [0.4, 0.5) is 0 Å². The first-order chi connectivity index (χ1) is 14.1. The number of hydrogen-bond acceptors (Lipinski definition) is 6. The summed E-state index contributed by atoms with van der Waals surface area (Å²) in [6.45, 7) is 0. The first kappa shape index (κ1) is 18.7. The van der Waals surface area contributed by atoms with E-state index in [9.17, 15) is 9.59 Å². The highest BCUT2D eigenvalue weighted by Crippen LogP contribution is 2.33. The van der Waals surface area contributed by atoms with Crippen LogP contribution in [-0.4, -0.2) is 35.7 Å². The van der Waals surface area contributed by atoms with Crippen LogP contribution >= 0.6 is 0 Å². The van der Waals surface area contributed by atoms with E-state index in [1.165, 1.54) is 14.2 Å². The standard InChI is InChI=1S/C22H21N3O4/c1-25-19-7-5-4-6-13(19)14-8-9-24-18(20(14)25)10-15-16(21(26)28-2)11-23-12-17(15)22(27)29-3/h4-9,11-12,15,23H,10H2,1-3H3. The van der Waals surface area contributed by atoms with Gasteiger partial charge in [-0.1, -0.05) is 18.2 Å². The maximum absolute atomic E-state index is 12.4. The molecule has 1 aliphatic rings. The summed E-state index contributed by atoms with van der Waals surface area (Å²) in [5.41, 5.74) is 3.56. The van der Waals surface area contributed by atoms with Gasteiger partial charge in [-0.25, -0.2) is 9.59 Å². The van der Waals surface area contributed by atoms with Crippen LogP contribution in [0.3, 0.4) is 0 Å². The van der Waals surface area contributed by atoms with Crippen LogP contribution in [0, 0.1) is 5.92 Å². The minimum Gasteiger partial charge on any atom is -0.466 e. The highest BCUT2D eigenvalue weighted by Gasteiger charge is 2.33. The molecule has 0 unspecified atom stereocenters. The minimum atomic E-state index is -0.535. The lowest BCUT2D eigenvalue weighted by atomic mass is 9.85. The molecule has 7 nitrogen and oxygen atoms in total. The smallest absolute Gasteiger partial charge is 0.335 e. The van der Waals surface area contributed by atoms with Gasteiger partial charge >= 0.3 is 11.9 Å². The number of aryl methyl sites for hydroxylation is 1. The minimum absolute atomic E-state index is 0.352. The van der Waals surface area contributed by atoms with E-state index >= 15 is 0 Å². The van der Waals surface area contributed by atoms with E-state index in [1.807, 2.05) is 25.2 Å². The fraction of sp³-hybridized carbons (Fsp3) is 0.227. The fourth-order valence-electron chi connectivity index (χ4n) is 3.99. The third-order valence-corrected chi connectivity index (χ3v) is 5.36. The highest BCUT2D eigenvalue weighted by atomic mass is 16.5. The Labute approximate surface area is 167 Å². The Morgan fingerprint density at radius 3 is 2.34 bits per heavy atom. The van der Waals surface area contributed by atoms with Gasteiger partial charge in [-0.3, -0.25) is 4.98 Å². The van der Waals surface area contributed by atoms with Crippen LogP contribution in [0.1, 0.15) is 5.69 Å². The summed E-state index contributed by atoms with van der Waals surface area (Å²) < 4.78 is 11.9. The summed E-state index contributed by atoms with van der Waals surface area (Å²) in [7, 11) is 4.63. The number of ether oxygens (including phenoxy) is 2. The molecule has 1 N–H and O–H groups in total. The molecule has 148 valence electrons. The number of esters is 2. The molecular formula is C22H21N3O4. The van der Waals surface area contributed by atoms with Gasteiger partial charge in [0.2, 0.25) is 0 Å². The second kappa shape index (κ2) is 7.43. The molecule has 7 heteroatoms. The number of nitrogens with one attached hydrogen (secondary N) is 1. The molecule has 0 bridgehead atoms. The number of aromatic nitrogens is 2.